The number of carboxylic acids is 1. The van der Waals surface area contributed by atoms with E-state index in [1.54, 1.807) is 0 Å². The van der Waals surface area contributed by atoms with Crippen LogP contribution in [-0.4, -0.2) is 23.7 Å². The van der Waals surface area contributed by atoms with Crippen molar-refractivity contribution in [2.24, 2.45) is 0 Å². The summed E-state index contributed by atoms with van der Waals surface area (Å²) in [5, 5.41) is 13.7. The van der Waals surface area contributed by atoms with Gasteiger partial charge in [0.15, 0.2) is 0 Å². The average Bonchev–Trinajstić information content (AvgIpc) is 2.29. The molecule has 2 amide bonds. The fourth-order valence-electron chi connectivity index (χ4n) is 1.37. The van der Waals surface area contributed by atoms with Crippen molar-refractivity contribution in [3.8, 4) is 0 Å². The van der Waals surface area contributed by atoms with Crippen LogP contribution >= 0.6 is 15.9 Å². The van der Waals surface area contributed by atoms with Crippen LogP contribution in [0.5, 0.6) is 0 Å². The molecule has 0 aliphatic carbocycles. The van der Waals surface area contributed by atoms with E-state index in [0.29, 0.717) is 0 Å². The van der Waals surface area contributed by atoms with Gasteiger partial charge in [0.25, 0.3) is 0 Å². The van der Waals surface area contributed by atoms with Gasteiger partial charge in [-0.15, -0.1) is 0 Å². The Balaban J connectivity index is 2.39. The molecule has 0 spiro atoms. The smallest absolute Gasteiger partial charge is 0.315 e. The first-order valence-electron chi connectivity index (χ1n) is 5.50. The van der Waals surface area contributed by atoms with Gasteiger partial charge >= 0.3 is 12.0 Å². The normalized spacial score (nSPS) is 11.7. The second kappa shape index (κ2) is 7.00. The molecule has 0 aliphatic heterocycles. The monoisotopic (exact) mass is 314 g/mol. The van der Waals surface area contributed by atoms with E-state index in [1.807, 2.05) is 31.2 Å². The number of halogens is 1. The van der Waals surface area contributed by atoms with Gasteiger partial charge in [0.2, 0.25) is 0 Å². The van der Waals surface area contributed by atoms with Crippen LogP contribution in [0.15, 0.2) is 28.7 Å². The van der Waals surface area contributed by atoms with Crippen molar-refractivity contribution in [1.29, 1.82) is 0 Å². The molecule has 98 valence electrons. The summed E-state index contributed by atoms with van der Waals surface area (Å²) < 4.78 is 0.976. The number of carbonyl (C=O) groups excluding carboxylic acids is 1. The molecule has 0 heterocycles. The summed E-state index contributed by atoms with van der Waals surface area (Å²) in [7, 11) is 0. The van der Waals surface area contributed by atoms with Crippen LogP contribution in [0.2, 0.25) is 0 Å². The van der Waals surface area contributed by atoms with E-state index in [2.05, 4.69) is 26.6 Å². The van der Waals surface area contributed by atoms with Gasteiger partial charge < -0.3 is 15.7 Å². The summed E-state index contributed by atoms with van der Waals surface area (Å²) >= 11 is 3.34. The third-order valence-corrected chi connectivity index (χ3v) is 2.87. The van der Waals surface area contributed by atoms with Crippen LogP contribution in [0.3, 0.4) is 0 Å². The van der Waals surface area contributed by atoms with Crippen LogP contribution in [0.25, 0.3) is 0 Å². The Hall–Kier alpha value is -1.56. The SMILES string of the molecule is C[C@H](NC(=O)NCCC(=O)O)c1ccc(Br)cc1. The molecule has 0 aliphatic rings. The van der Waals surface area contributed by atoms with Gasteiger partial charge in [-0.3, -0.25) is 4.79 Å². The zero-order chi connectivity index (χ0) is 13.5. The number of carbonyl (C=O) groups is 2. The fourth-order valence-corrected chi connectivity index (χ4v) is 1.63. The van der Waals surface area contributed by atoms with E-state index in [1.165, 1.54) is 0 Å². The quantitative estimate of drug-likeness (QED) is 0.780. The van der Waals surface area contributed by atoms with Crippen LogP contribution < -0.4 is 10.6 Å². The minimum atomic E-state index is -0.934. The maximum atomic E-state index is 11.5. The summed E-state index contributed by atoms with van der Waals surface area (Å²) in [4.78, 5) is 21.7. The molecule has 3 N–H and O–H groups in total. The van der Waals surface area contributed by atoms with Crippen LogP contribution in [-0.2, 0) is 4.79 Å². The van der Waals surface area contributed by atoms with Crippen molar-refractivity contribution in [3.63, 3.8) is 0 Å². The molecule has 0 bridgehead atoms. The number of carboxylic acid groups (broad SMARTS) is 1. The first-order valence-corrected chi connectivity index (χ1v) is 6.30. The summed E-state index contributed by atoms with van der Waals surface area (Å²) in [6, 6.07) is 7.11. The second-order valence-electron chi connectivity index (χ2n) is 3.82. The molecule has 5 nitrogen and oxygen atoms in total. The Bertz CT molecular complexity index is 420. The molecule has 0 radical (unpaired) electrons. The highest BCUT2D eigenvalue weighted by Crippen LogP contribution is 2.16. The topological polar surface area (TPSA) is 78.4 Å². The molecule has 1 rings (SSSR count). The predicted octanol–water partition coefficient (Wildman–Crippen LogP) is 2.28. The van der Waals surface area contributed by atoms with E-state index in [9.17, 15) is 9.59 Å². The lowest BCUT2D eigenvalue weighted by Crippen LogP contribution is -2.38. The van der Waals surface area contributed by atoms with Gasteiger partial charge in [-0.05, 0) is 24.6 Å². The molecule has 0 aromatic heterocycles. The number of rotatable bonds is 5. The summed E-state index contributed by atoms with van der Waals surface area (Å²) in [5.74, 6) is -0.934. The molecule has 18 heavy (non-hydrogen) atoms. The van der Waals surface area contributed by atoms with E-state index < -0.39 is 5.97 Å². The van der Waals surface area contributed by atoms with E-state index in [0.717, 1.165) is 10.0 Å². The molecule has 0 unspecified atom stereocenters. The first kappa shape index (κ1) is 14.5. The largest absolute Gasteiger partial charge is 0.481 e. The minimum absolute atomic E-state index is 0.0832. The van der Waals surface area contributed by atoms with Gasteiger partial charge in [0, 0.05) is 11.0 Å². The maximum Gasteiger partial charge on any atom is 0.315 e. The highest BCUT2D eigenvalue weighted by atomic mass is 79.9. The van der Waals surface area contributed by atoms with Crippen molar-refractivity contribution in [2.75, 3.05) is 6.54 Å². The fraction of sp³-hybridized carbons (Fsp3) is 0.333. The lowest BCUT2D eigenvalue weighted by Gasteiger charge is -2.14. The van der Waals surface area contributed by atoms with E-state index >= 15 is 0 Å². The number of nitrogens with one attached hydrogen (secondary N) is 2. The number of hydrogen-bond acceptors (Lipinski definition) is 2. The van der Waals surface area contributed by atoms with Crippen molar-refractivity contribution >= 4 is 27.9 Å². The number of benzene rings is 1. The minimum Gasteiger partial charge on any atom is -0.481 e. The van der Waals surface area contributed by atoms with Crippen LogP contribution in [0, 0.1) is 0 Å². The van der Waals surface area contributed by atoms with Gasteiger partial charge in [-0.2, -0.15) is 0 Å². The molecular weight excluding hydrogens is 300 g/mol. The van der Waals surface area contributed by atoms with Crippen molar-refractivity contribution in [3.05, 3.63) is 34.3 Å². The Morgan fingerprint density at radius 1 is 1.33 bits per heavy atom. The summed E-state index contributed by atoms with van der Waals surface area (Å²) in [6.45, 7) is 1.98. The Labute approximate surface area is 114 Å². The molecule has 1 aromatic rings. The van der Waals surface area contributed by atoms with Crippen molar-refractivity contribution in [1.82, 2.24) is 10.6 Å². The number of amides is 2. The summed E-state index contributed by atoms with van der Waals surface area (Å²) in [6.07, 6.45) is -0.0832. The van der Waals surface area contributed by atoms with E-state index in [-0.39, 0.29) is 25.0 Å². The van der Waals surface area contributed by atoms with Gasteiger partial charge in [0.1, 0.15) is 0 Å². The first-order chi connectivity index (χ1) is 8.49. The highest BCUT2D eigenvalue weighted by Gasteiger charge is 2.09. The predicted molar refractivity (Wildman–Crippen MR) is 71.3 cm³/mol. The van der Waals surface area contributed by atoms with Crippen LogP contribution in [0.4, 0.5) is 4.79 Å². The molecule has 0 fully saturated rings. The van der Waals surface area contributed by atoms with Gasteiger partial charge in [-0.25, -0.2) is 4.79 Å². The standard InChI is InChI=1S/C12H15BrN2O3/c1-8(9-2-4-10(13)5-3-9)15-12(18)14-7-6-11(16)17/h2-5,8H,6-7H2,1H3,(H,16,17)(H2,14,15,18)/t8-/m0/s1. The Kier molecular flexibility index (Phi) is 5.64. The summed E-state index contributed by atoms with van der Waals surface area (Å²) in [5.41, 5.74) is 0.978. The Morgan fingerprint density at radius 3 is 2.50 bits per heavy atom. The van der Waals surface area contributed by atoms with Gasteiger partial charge in [0.05, 0.1) is 12.5 Å². The second-order valence-corrected chi connectivity index (χ2v) is 4.73. The number of aliphatic carboxylic acids is 1. The molecule has 6 heteroatoms. The molecule has 1 aromatic carbocycles. The van der Waals surface area contributed by atoms with Gasteiger partial charge in [-0.1, -0.05) is 28.1 Å². The van der Waals surface area contributed by atoms with E-state index in [4.69, 9.17) is 5.11 Å². The Morgan fingerprint density at radius 2 is 1.94 bits per heavy atom. The lowest BCUT2D eigenvalue weighted by molar-refractivity contribution is -0.136. The maximum absolute atomic E-state index is 11.5. The van der Waals surface area contributed by atoms with Crippen molar-refractivity contribution < 1.29 is 14.7 Å². The molecule has 0 saturated heterocycles. The lowest BCUT2D eigenvalue weighted by atomic mass is 10.1. The third-order valence-electron chi connectivity index (χ3n) is 2.34. The molecular formula is C12H15BrN2O3. The number of hydrogen-bond donors (Lipinski definition) is 3. The number of urea groups is 1. The van der Waals surface area contributed by atoms with Crippen LogP contribution in [0.1, 0.15) is 24.9 Å². The van der Waals surface area contributed by atoms with Crippen molar-refractivity contribution in [2.45, 2.75) is 19.4 Å². The zero-order valence-electron chi connectivity index (χ0n) is 9.94. The molecule has 0 saturated carbocycles. The highest BCUT2D eigenvalue weighted by molar-refractivity contribution is 9.10. The zero-order valence-corrected chi connectivity index (χ0v) is 11.5. The third kappa shape index (κ3) is 5.18. The average molecular weight is 315 g/mol. The molecule has 1 atom stereocenters.